The molecule has 0 aromatic carbocycles. The molecular weight excluding hydrogens is 274 g/mol. The van der Waals surface area contributed by atoms with E-state index in [4.69, 9.17) is 10.2 Å². The summed E-state index contributed by atoms with van der Waals surface area (Å²) in [4.78, 5) is 1.42. The van der Waals surface area contributed by atoms with Crippen molar-refractivity contribution >= 4 is 21.4 Å². The molecule has 1 rings (SSSR count). The molecule has 1 aromatic heterocycles. The molecule has 0 amide bonds. The molecule has 0 saturated carbocycles. The summed E-state index contributed by atoms with van der Waals surface area (Å²) in [5.74, 6) is 0. The minimum Gasteiger partial charge on any atom is -0.395 e. The van der Waals surface area contributed by atoms with Gasteiger partial charge in [0.05, 0.1) is 18.1 Å². The molecule has 0 radical (unpaired) electrons. The van der Waals surface area contributed by atoms with Crippen molar-refractivity contribution in [3.8, 4) is 0 Å². The van der Waals surface area contributed by atoms with E-state index in [1.807, 2.05) is 0 Å². The van der Waals surface area contributed by atoms with Gasteiger partial charge in [-0.25, -0.2) is 8.42 Å². The van der Waals surface area contributed by atoms with E-state index in [-0.39, 0.29) is 31.2 Å². The van der Waals surface area contributed by atoms with Crippen LogP contribution in [0.15, 0.2) is 23.6 Å². The van der Waals surface area contributed by atoms with E-state index < -0.39 is 10.0 Å². The van der Waals surface area contributed by atoms with Crippen LogP contribution in [-0.4, -0.2) is 42.6 Å². The standard InChI is InChI=1S/C11H17NO4S2/c1-3-4-12(5-6-13)18(15,16)11-7-10(8-14)17-9(11)2/h3,7,13-14H,1,4-6,8H2,2H3. The van der Waals surface area contributed by atoms with E-state index in [2.05, 4.69) is 6.58 Å². The van der Waals surface area contributed by atoms with Crippen molar-refractivity contribution in [2.45, 2.75) is 18.4 Å². The molecule has 7 heteroatoms. The van der Waals surface area contributed by atoms with Crippen LogP contribution in [-0.2, 0) is 16.6 Å². The van der Waals surface area contributed by atoms with Crippen LogP contribution in [0.2, 0.25) is 0 Å². The molecule has 0 aliphatic carbocycles. The Morgan fingerprint density at radius 3 is 2.61 bits per heavy atom. The Morgan fingerprint density at radius 1 is 1.50 bits per heavy atom. The number of sulfonamides is 1. The van der Waals surface area contributed by atoms with Gasteiger partial charge in [0.25, 0.3) is 0 Å². The highest BCUT2D eigenvalue weighted by atomic mass is 32.2. The third-order valence-corrected chi connectivity index (χ3v) is 5.53. The highest BCUT2D eigenvalue weighted by Gasteiger charge is 2.26. The molecule has 0 unspecified atom stereocenters. The van der Waals surface area contributed by atoms with E-state index in [0.29, 0.717) is 9.75 Å². The lowest BCUT2D eigenvalue weighted by atomic mass is 10.4. The highest BCUT2D eigenvalue weighted by molar-refractivity contribution is 7.89. The molecule has 102 valence electrons. The minimum absolute atomic E-state index is 0.0259. The molecule has 0 atom stereocenters. The van der Waals surface area contributed by atoms with Crippen molar-refractivity contribution in [1.82, 2.24) is 4.31 Å². The first-order chi connectivity index (χ1) is 8.47. The van der Waals surface area contributed by atoms with Gasteiger partial charge in [-0.05, 0) is 13.0 Å². The van der Waals surface area contributed by atoms with Gasteiger partial charge in [-0.15, -0.1) is 17.9 Å². The fourth-order valence-electron chi connectivity index (χ4n) is 1.56. The van der Waals surface area contributed by atoms with E-state index in [1.165, 1.54) is 23.5 Å². The Balaban J connectivity index is 3.16. The maximum Gasteiger partial charge on any atom is 0.244 e. The van der Waals surface area contributed by atoms with Crippen LogP contribution in [0.25, 0.3) is 0 Å². The fraction of sp³-hybridized carbons (Fsp3) is 0.455. The Bertz CT molecular complexity index is 507. The minimum atomic E-state index is -3.64. The van der Waals surface area contributed by atoms with Gasteiger partial charge in [0.1, 0.15) is 0 Å². The van der Waals surface area contributed by atoms with E-state index in [0.717, 1.165) is 4.31 Å². The first-order valence-corrected chi connectivity index (χ1v) is 7.65. The number of aliphatic hydroxyl groups is 2. The lowest BCUT2D eigenvalue weighted by Gasteiger charge is -2.19. The van der Waals surface area contributed by atoms with Crippen LogP contribution >= 0.6 is 11.3 Å². The maximum atomic E-state index is 12.4. The Kier molecular flexibility index (Phi) is 5.48. The molecule has 0 bridgehead atoms. The first kappa shape index (κ1) is 15.3. The quantitative estimate of drug-likeness (QED) is 0.726. The van der Waals surface area contributed by atoms with Gasteiger partial charge in [-0.2, -0.15) is 4.31 Å². The molecular formula is C11H17NO4S2. The monoisotopic (exact) mass is 291 g/mol. The normalized spacial score (nSPS) is 12.0. The molecule has 1 heterocycles. The number of aryl methyl sites for hydroxylation is 1. The van der Waals surface area contributed by atoms with E-state index in [9.17, 15) is 8.42 Å². The zero-order valence-corrected chi connectivity index (χ0v) is 11.8. The summed E-state index contributed by atoms with van der Waals surface area (Å²) in [6.45, 7) is 4.95. The van der Waals surface area contributed by atoms with Crippen LogP contribution in [0.4, 0.5) is 0 Å². The third-order valence-electron chi connectivity index (χ3n) is 2.38. The van der Waals surface area contributed by atoms with Crippen molar-refractivity contribution in [2.24, 2.45) is 0 Å². The summed E-state index contributed by atoms with van der Waals surface area (Å²) in [7, 11) is -3.64. The molecule has 5 nitrogen and oxygen atoms in total. The van der Waals surface area contributed by atoms with Gasteiger partial charge in [-0.3, -0.25) is 0 Å². The molecule has 0 aliphatic heterocycles. The SMILES string of the molecule is C=CCN(CCO)S(=O)(=O)c1cc(CO)sc1C. The predicted octanol–water partition coefficient (Wildman–Crippen LogP) is 0.718. The summed E-state index contributed by atoms with van der Waals surface area (Å²) in [5.41, 5.74) is 0. The van der Waals surface area contributed by atoms with Crippen LogP contribution < -0.4 is 0 Å². The lowest BCUT2D eigenvalue weighted by molar-refractivity contribution is 0.260. The van der Waals surface area contributed by atoms with E-state index >= 15 is 0 Å². The molecule has 2 N–H and O–H groups in total. The Labute approximate surface area is 111 Å². The Hall–Kier alpha value is -0.730. The smallest absolute Gasteiger partial charge is 0.244 e. The topological polar surface area (TPSA) is 77.8 Å². The lowest BCUT2D eigenvalue weighted by Crippen LogP contribution is -2.33. The predicted molar refractivity (Wildman–Crippen MR) is 71.0 cm³/mol. The summed E-state index contributed by atoms with van der Waals surface area (Å²) < 4.78 is 25.9. The van der Waals surface area contributed by atoms with Crippen LogP contribution in [0, 0.1) is 6.92 Å². The second-order valence-electron chi connectivity index (χ2n) is 3.67. The first-order valence-electron chi connectivity index (χ1n) is 5.39. The van der Waals surface area contributed by atoms with Crippen LogP contribution in [0.1, 0.15) is 9.75 Å². The second kappa shape index (κ2) is 6.44. The van der Waals surface area contributed by atoms with Gasteiger partial charge >= 0.3 is 0 Å². The molecule has 0 aliphatic rings. The van der Waals surface area contributed by atoms with Gasteiger partial charge in [0, 0.05) is 22.8 Å². The molecule has 0 saturated heterocycles. The van der Waals surface area contributed by atoms with Crippen LogP contribution in [0.5, 0.6) is 0 Å². The maximum absolute atomic E-state index is 12.4. The fourth-order valence-corrected chi connectivity index (χ4v) is 4.43. The molecule has 18 heavy (non-hydrogen) atoms. The zero-order valence-electron chi connectivity index (χ0n) is 10.2. The summed E-state index contributed by atoms with van der Waals surface area (Å²) in [5, 5.41) is 17.9. The average Bonchev–Trinajstić information content (AvgIpc) is 2.71. The largest absolute Gasteiger partial charge is 0.395 e. The van der Waals surface area contributed by atoms with E-state index in [1.54, 1.807) is 6.92 Å². The summed E-state index contributed by atoms with van der Waals surface area (Å²) in [6, 6.07) is 1.47. The number of rotatable bonds is 7. The van der Waals surface area contributed by atoms with Gasteiger partial charge in [0.2, 0.25) is 10.0 Å². The summed E-state index contributed by atoms with van der Waals surface area (Å²) >= 11 is 1.25. The summed E-state index contributed by atoms with van der Waals surface area (Å²) in [6.07, 6.45) is 1.47. The number of thiophene rings is 1. The van der Waals surface area contributed by atoms with Gasteiger partial charge in [-0.1, -0.05) is 6.08 Å². The Morgan fingerprint density at radius 2 is 2.17 bits per heavy atom. The van der Waals surface area contributed by atoms with Crippen molar-refractivity contribution in [3.63, 3.8) is 0 Å². The molecule has 0 fully saturated rings. The number of hydrogen-bond acceptors (Lipinski definition) is 5. The number of hydrogen-bond donors (Lipinski definition) is 2. The van der Waals surface area contributed by atoms with Crippen molar-refractivity contribution in [1.29, 1.82) is 0 Å². The zero-order chi connectivity index (χ0) is 13.8. The third kappa shape index (κ3) is 3.18. The number of aliphatic hydroxyl groups excluding tert-OH is 2. The van der Waals surface area contributed by atoms with Gasteiger partial charge in [0.15, 0.2) is 0 Å². The van der Waals surface area contributed by atoms with Crippen LogP contribution in [0.3, 0.4) is 0 Å². The molecule has 0 spiro atoms. The average molecular weight is 291 g/mol. The number of nitrogens with zero attached hydrogens (tertiary/aromatic N) is 1. The van der Waals surface area contributed by atoms with Crippen molar-refractivity contribution < 1.29 is 18.6 Å². The van der Waals surface area contributed by atoms with Gasteiger partial charge < -0.3 is 10.2 Å². The molecule has 1 aromatic rings. The van der Waals surface area contributed by atoms with Crippen molar-refractivity contribution in [2.75, 3.05) is 19.7 Å². The second-order valence-corrected chi connectivity index (χ2v) is 6.91. The highest BCUT2D eigenvalue weighted by Crippen LogP contribution is 2.28. The van der Waals surface area contributed by atoms with Crippen molar-refractivity contribution in [3.05, 3.63) is 28.5 Å².